The summed E-state index contributed by atoms with van der Waals surface area (Å²) in [6.45, 7) is 0. The zero-order valence-electron chi connectivity index (χ0n) is 11.1. The molecule has 2 aromatic rings. The Labute approximate surface area is 146 Å². The molecule has 1 N–H and O–H groups in total. The number of hydrogen-bond acceptors (Lipinski definition) is 2. The predicted octanol–water partition coefficient (Wildman–Crippen LogP) is 5.30. The first-order valence-corrected chi connectivity index (χ1v) is 7.68. The topological polar surface area (TPSA) is 52.9 Å². The van der Waals surface area contributed by atoms with Crippen molar-refractivity contribution in [3.05, 3.63) is 68.1 Å². The molecule has 22 heavy (non-hydrogen) atoms. The van der Waals surface area contributed by atoms with Gasteiger partial charge in [-0.25, -0.2) is 0 Å². The number of nitrogens with zero attached hydrogens (tertiary/aromatic N) is 1. The van der Waals surface area contributed by atoms with Gasteiger partial charge in [-0.1, -0.05) is 51.3 Å². The normalized spacial score (nSPS) is 10.9. The van der Waals surface area contributed by atoms with Crippen LogP contribution < -0.4 is 5.32 Å². The van der Waals surface area contributed by atoms with E-state index < -0.39 is 5.91 Å². The van der Waals surface area contributed by atoms with Crippen LogP contribution in [0.5, 0.6) is 0 Å². The van der Waals surface area contributed by atoms with Crippen LogP contribution in [0.4, 0.5) is 5.69 Å². The molecule has 2 rings (SSSR count). The molecule has 0 radical (unpaired) electrons. The van der Waals surface area contributed by atoms with Crippen molar-refractivity contribution in [3.63, 3.8) is 0 Å². The van der Waals surface area contributed by atoms with Crippen LogP contribution in [0, 0.1) is 11.3 Å². The summed E-state index contributed by atoms with van der Waals surface area (Å²) in [5.74, 6) is -0.508. The van der Waals surface area contributed by atoms with Gasteiger partial charge in [-0.3, -0.25) is 4.79 Å². The average molecular weight is 396 g/mol. The summed E-state index contributed by atoms with van der Waals surface area (Å²) in [6.07, 6.45) is 1.42. The number of amides is 1. The van der Waals surface area contributed by atoms with Crippen molar-refractivity contribution in [1.82, 2.24) is 0 Å². The minimum absolute atomic E-state index is 0.0517. The lowest BCUT2D eigenvalue weighted by Gasteiger charge is -2.05. The summed E-state index contributed by atoms with van der Waals surface area (Å²) in [6, 6.07) is 13.8. The van der Waals surface area contributed by atoms with Gasteiger partial charge in [-0.15, -0.1) is 0 Å². The van der Waals surface area contributed by atoms with Crippen molar-refractivity contribution in [2.45, 2.75) is 0 Å². The number of carbonyl (C=O) groups excluding carboxylic acids is 1. The third-order valence-corrected chi connectivity index (χ3v) is 3.77. The number of carbonyl (C=O) groups is 1. The Morgan fingerprint density at radius 3 is 2.64 bits per heavy atom. The van der Waals surface area contributed by atoms with E-state index in [-0.39, 0.29) is 5.57 Å². The highest BCUT2D eigenvalue weighted by atomic mass is 79.9. The number of hydrogen-bond donors (Lipinski definition) is 1. The van der Waals surface area contributed by atoms with Gasteiger partial charge in [0, 0.05) is 20.2 Å². The Hall–Kier alpha value is -1.80. The zero-order valence-corrected chi connectivity index (χ0v) is 14.2. The molecule has 0 aliphatic heterocycles. The van der Waals surface area contributed by atoms with Gasteiger partial charge in [-0.2, -0.15) is 5.26 Å². The van der Waals surface area contributed by atoms with Gasteiger partial charge in [0.05, 0.1) is 0 Å². The summed E-state index contributed by atoms with van der Waals surface area (Å²) >= 11 is 15.2. The van der Waals surface area contributed by atoms with Gasteiger partial charge in [0.1, 0.15) is 11.6 Å². The van der Waals surface area contributed by atoms with Gasteiger partial charge >= 0.3 is 0 Å². The molecule has 0 unspecified atom stereocenters. The Kier molecular flexibility index (Phi) is 5.62. The lowest BCUT2D eigenvalue weighted by Crippen LogP contribution is -2.13. The molecule has 6 heteroatoms. The maximum Gasteiger partial charge on any atom is 0.266 e. The van der Waals surface area contributed by atoms with Crippen LogP contribution in [0.15, 0.2) is 52.5 Å². The minimum atomic E-state index is -0.508. The van der Waals surface area contributed by atoms with E-state index in [0.717, 1.165) is 4.47 Å². The standard InChI is InChI=1S/C16H9BrCl2N2O/c17-12-2-1-3-14(7-12)21-16(22)11(9-20)6-10-4-5-13(18)8-15(10)19/h1-8H,(H,21,22)/b11-6-. The fraction of sp³-hybridized carbons (Fsp3) is 0. The van der Waals surface area contributed by atoms with Crippen LogP contribution >= 0.6 is 39.1 Å². The Morgan fingerprint density at radius 1 is 1.23 bits per heavy atom. The maximum absolute atomic E-state index is 12.2. The van der Waals surface area contributed by atoms with Crippen LogP contribution in [-0.4, -0.2) is 5.91 Å². The lowest BCUT2D eigenvalue weighted by atomic mass is 10.1. The fourth-order valence-corrected chi connectivity index (χ4v) is 2.55. The van der Waals surface area contributed by atoms with Gasteiger partial charge < -0.3 is 5.32 Å². The van der Waals surface area contributed by atoms with Gasteiger partial charge in [0.25, 0.3) is 5.91 Å². The summed E-state index contributed by atoms with van der Waals surface area (Å²) in [4.78, 5) is 12.2. The molecule has 0 atom stereocenters. The van der Waals surface area contributed by atoms with Crippen molar-refractivity contribution >= 4 is 56.8 Å². The second kappa shape index (κ2) is 7.46. The number of halogens is 3. The minimum Gasteiger partial charge on any atom is -0.321 e. The molecule has 0 saturated carbocycles. The molecule has 2 aromatic carbocycles. The first kappa shape index (κ1) is 16.6. The van der Waals surface area contributed by atoms with Crippen molar-refractivity contribution in [1.29, 1.82) is 5.26 Å². The monoisotopic (exact) mass is 394 g/mol. The number of rotatable bonds is 3. The van der Waals surface area contributed by atoms with Gasteiger partial charge in [0.15, 0.2) is 0 Å². The largest absolute Gasteiger partial charge is 0.321 e. The van der Waals surface area contributed by atoms with E-state index in [9.17, 15) is 10.1 Å². The second-order valence-electron chi connectivity index (χ2n) is 4.30. The summed E-state index contributed by atoms with van der Waals surface area (Å²) in [5, 5.41) is 12.7. The highest BCUT2D eigenvalue weighted by Gasteiger charge is 2.11. The predicted molar refractivity (Wildman–Crippen MR) is 92.8 cm³/mol. The smallest absolute Gasteiger partial charge is 0.266 e. The maximum atomic E-state index is 12.2. The molecule has 3 nitrogen and oxygen atoms in total. The van der Waals surface area contributed by atoms with Crippen LogP contribution in [0.25, 0.3) is 6.08 Å². The summed E-state index contributed by atoms with van der Waals surface area (Å²) in [7, 11) is 0. The number of nitriles is 1. The molecule has 0 aliphatic rings. The van der Waals surface area contributed by atoms with E-state index in [2.05, 4.69) is 21.2 Å². The van der Waals surface area contributed by atoms with Gasteiger partial charge in [-0.05, 0) is 42.0 Å². The summed E-state index contributed by atoms with van der Waals surface area (Å²) in [5.41, 5.74) is 1.08. The molecule has 0 saturated heterocycles. The van der Waals surface area contributed by atoms with Crippen molar-refractivity contribution in [2.24, 2.45) is 0 Å². The molecule has 1 amide bonds. The third-order valence-electron chi connectivity index (χ3n) is 2.71. The van der Waals surface area contributed by atoms with E-state index in [1.165, 1.54) is 6.08 Å². The molecule has 0 fully saturated rings. The summed E-state index contributed by atoms with van der Waals surface area (Å²) < 4.78 is 0.827. The Morgan fingerprint density at radius 2 is 2.00 bits per heavy atom. The molecule has 110 valence electrons. The molecule has 0 bridgehead atoms. The second-order valence-corrected chi connectivity index (χ2v) is 6.06. The van der Waals surface area contributed by atoms with Crippen LogP contribution in [0.3, 0.4) is 0 Å². The molecule has 0 spiro atoms. The van der Waals surface area contributed by atoms with E-state index in [0.29, 0.717) is 21.3 Å². The number of nitrogens with one attached hydrogen (secondary N) is 1. The van der Waals surface area contributed by atoms with Crippen LogP contribution in [0.2, 0.25) is 10.0 Å². The van der Waals surface area contributed by atoms with Crippen LogP contribution in [-0.2, 0) is 4.79 Å². The quantitative estimate of drug-likeness (QED) is 0.566. The van der Waals surface area contributed by atoms with E-state index in [1.54, 1.807) is 36.4 Å². The van der Waals surface area contributed by atoms with Crippen molar-refractivity contribution < 1.29 is 4.79 Å². The van der Waals surface area contributed by atoms with Gasteiger partial charge in [0.2, 0.25) is 0 Å². The zero-order chi connectivity index (χ0) is 16.1. The van der Waals surface area contributed by atoms with E-state index in [1.807, 2.05) is 12.1 Å². The Bertz CT molecular complexity index is 797. The van der Waals surface area contributed by atoms with Crippen molar-refractivity contribution in [3.8, 4) is 6.07 Å². The first-order valence-electron chi connectivity index (χ1n) is 6.13. The lowest BCUT2D eigenvalue weighted by molar-refractivity contribution is -0.112. The van der Waals surface area contributed by atoms with Crippen molar-refractivity contribution in [2.75, 3.05) is 5.32 Å². The average Bonchev–Trinajstić information content (AvgIpc) is 2.46. The Balaban J connectivity index is 2.26. The molecule has 0 heterocycles. The first-order chi connectivity index (χ1) is 10.5. The molecule has 0 aromatic heterocycles. The number of anilines is 1. The highest BCUT2D eigenvalue weighted by Crippen LogP contribution is 2.23. The molecule has 0 aliphatic carbocycles. The SMILES string of the molecule is N#C/C(=C/c1ccc(Cl)cc1Cl)C(=O)Nc1cccc(Br)c1. The molecular weight excluding hydrogens is 387 g/mol. The third kappa shape index (κ3) is 4.35. The fourth-order valence-electron chi connectivity index (χ4n) is 1.69. The highest BCUT2D eigenvalue weighted by molar-refractivity contribution is 9.10. The van der Waals surface area contributed by atoms with E-state index in [4.69, 9.17) is 23.2 Å². The van der Waals surface area contributed by atoms with Crippen LogP contribution in [0.1, 0.15) is 5.56 Å². The molecular formula is C16H9BrCl2N2O. The number of benzene rings is 2. The van der Waals surface area contributed by atoms with E-state index >= 15 is 0 Å².